The van der Waals surface area contributed by atoms with Gasteiger partial charge in [-0.25, -0.2) is 21.8 Å². The van der Waals surface area contributed by atoms with Crippen LogP contribution in [-0.4, -0.2) is 51.9 Å². The van der Waals surface area contributed by atoms with Gasteiger partial charge in [0.15, 0.2) is 9.84 Å². The number of halogens is 1. The molecule has 2 aromatic rings. The van der Waals surface area contributed by atoms with Crippen LogP contribution in [0.15, 0.2) is 46.3 Å². The third-order valence-electron chi connectivity index (χ3n) is 3.56. The molecule has 0 saturated heterocycles. The molecule has 1 aromatic heterocycles. The van der Waals surface area contributed by atoms with Crippen molar-refractivity contribution in [3.8, 4) is 0 Å². The molecule has 0 fully saturated rings. The number of sulfonamides is 1. The first kappa shape index (κ1) is 21.3. The Labute approximate surface area is 163 Å². The standard InChI is InChI=1S/C16H18ClN3O5S2/c1-11-4-7-15(18-9-11)19-16(21)10-20(2)27(24,25)14-8-12(26(3,22)23)5-6-13(14)17/h4-9H,10H2,1-3H3,(H,18,19,21). The van der Waals surface area contributed by atoms with Crippen LogP contribution in [0.25, 0.3) is 0 Å². The zero-order valence-electron chi connectivity index (χ0n) is 14.8. The first-order valence-electron chi connectivity index (χ1n) is 7.60. The minimum Gasteiger partial charge on any atom is -0.310 e. The molecule has 2 rings (SSSR count). The van der Waals surface area contributed by atoms with Gasteiger partial charge in [0, 0.05) is 19.5 Å². The van der Waals surface area contributed by atoms with Crippen molar-refractivity contribution in [3.05, 3.63) is 47.1 Å². The van der Waals surface area contributed by atoms with Crippen molar-refractivity contribution in [2.24, 2.45) is 0 Å². The molecule has 0 atom stereocenters. The summed E-state index contributed by atoms with van der Waals surface area (Å²) in [4.78, 5) is 15.5. The van der Waals surface area contributed by atoms with Gasteiger partial charge in [-0.05, 0) is 36.8 Å². The summed E-state index contributed by atoms with van der Waals surface area (Å²) < 4.78 is 49.6. The molecule has 1 heterocycles. The van der Waals surface area contributed by atoms with Crippen LogP contribution < -0.4 is 5.32 Å². The van der Waals surface area contributed by atoms with Gasteiger partial charge < -0.3 is 5.32 Å². The maximum absolute atomic E-state index is 12.7. The highest BCUT2D eigenvalue weighted by molar-refractivity contribution is 7.91. The number of amides is 1. The van der Waals surface area contributed by atoms with E-state index in [0.29, 0.717) is 0 Å². The number of carbonyl (C=O) groups excluding carboxylic acids is 1. The molecular formula is C16H18ClN3O5S2. The molecular weight excluding hydrogens is 414 g/mol. The number of nitrogens with zero attached hydrogens (tertiary/aromatic N) is 2. The van der Waals surface area contributed by atoms with Crippen LogP contribution in [0.3, 0.4) is 0 Å². The Morgan fingerprint density at radius 1 is 1.19 bits per heavy atom. The van der Waals surface area contributed by atoms with Crippen LogP contribution in [0.2, 0.25) is 5.02 Å². The number of nitrogens with one attached hydrogen (secondary N) is 1. The molecule has 0 aliphatic heterocycles. The van der Waals surface area contributed by atoms with Crippen molar-refractivity contribution in [2.45, 2.75) is 16.7 Å². The van der Waals surface area contributed by atoms with E-state index in [1.165, 1.54) is 19.2 Å². The average molecular weight is 432 g/mol. The molecule has 0 saturated carbocycles. The Hall–Kier alpha value is -2.01. The summed E-state index contributed by atoms with van der Waals surface area (Å²) in [6.07, 6.45) is 2.52. The van der Waals surface area contributed by atoms with Gasteiger partial charge in [-0.2, -0.15) is 4.31 Å². The molecule has 1 aromatic carbocycles. The number of pyridine rings is 1. The summed E-state index contributed by atoms with van der Waals surface area (Å²) in [5.41, 5.74) is 0.910. The zero-order valence-corrected chi connectivity index (χ0v) is 17.2. The number of anilines is 1. The van der Waals surface area contributed by atoms with E-state index >= 15 is 0 Å². The predicted octanol–water partition coefficient (Wildman–Crippen LogP) is 1.71. The van der Waals surface area contributed by atoms with Crippen molar-refractivity contribution in [1.82, 2.24) is 9.29 Å². The highest BCUT2D eigenvalue weighted by Gasteiger charge is 2.27. The van der Waals surface area contributed by atoms with Gasteiger partial charge in [-0.15, -0.1) is 0 Å². The summed E-state index contributed by atoms with van der Waals surface area (Å²) in [5, 5.41) is 2.35. The van der Waals surface area contributed by atoms with Crippen LogP contribution in [0.5, 0.6) is 0 Å². The smallest absolute Gasteiger partial charge is 0.244 e. The van der Waals surface area contributed by atoms with E-state index in [4.69, 9.17) is 11.6 Å². The van der Waals surface area contributed by atoms with Crippen molar-refractivity contribution in [2.75, 3.05) is 25.2 Å². The van der Waals surface area contributed by atoms with Crippen LogP contribution in [-0.2, 0) is 24.7 Å². The molecule has 146 valence electrons. The van der Waals surface area contributed by atoms with E-state index in [1.807, 2.05) is 6.92 Å². The monoisotopic (exact) mass is 431 g/mol. The molecule has 1 amide bonds. The molecule has 27 heavy (non-hydrogen) atoms. The lowest BCUT2D eigenvalue weighted by Gasteiger charge is -2.18. The second-order valence-electron chi connectivity index (χ2n) is 5.89. The molecule has 11 heteroatoms. The van der Waals surface area contributed by atoms with Gasteiger partial charge in [0.1, 0.15) is 10.7 Å². The van der Waals surface area contributed by atoms with Crippen LogP contribution in [0.1, 0.15) is 5.56 Å². The van der Waals surface area contributed by atoms with Gasteiger partial charge in [-0.1, -0.05) is 17.7 Å². The lowest BCUT2D eigenvalue weighted by atomic mass is 10.3. The Bertz CT molecular complexity index is 1070. The summed E-state index contributed by atoms with van der Waals surface area (Å²) in [6, 6.07) is 6.72. The highest BCUT2D eigenvalue weighted by atomic mass is 35.5. The topological polar surface area (TPSA) is 114 Å². The number of likely N-dealkylation sites (N-methyl/N-ethyl adjacent to an activating group) is 1. The molecule has 0 unspecified atom stereocenters. The number of hydrogen-bond acceptors (Lipinski definition) is 6. The van der Waals surface area contributed by atoms with Crippen LogP contribution in [0, 0.1) is 6.92 Å². The van der Waals surface area contributed by atoms with E-state index in [2.05, 4.69) is 10.3 Å². The number of benzene rings is 1. The summed E-state index contributed by atoms with van der Waals surface area (Å²) in [6.45, 7) is 1.34. The van der Waals surface area contributed by atoms with E-state index in [0.717, 1.165) is 22.2 Å². The van der Waals surface area contributed by atoms with Crippen molar-refractivity contribution in [3.63, 3.8) is 0 Å². The average Bonchev–Trinajstić information content (AvgIpc) is 2.56. The van der Waals surface area contributed by atoms with E-state index < -0.39 is 37.2 Å². The largest absolute Gasteiger partial charge is 0.310 e. The Morgan fingerprint density at radius 2 is 1.85 bits per heavy atom. The van der Waals surface area contributed by atoms with Crippen molar-refractivity contribution < 1.29 is 21.6 Å². The molecule has 0 radical (unpaired) electrons. The first-order valence-corrected chi connectivity index (χ1v) is 11.3. The number of aryl methyl sites for hydroxylation is 1. The van der Waals surface area contributed by atoms with Crippen molar-refractivity contribution >= 4 is 43.2 Å². The maximum Gasteiger partial charge on any atom is 0.244 e. The number of sulfone groups is 1. The lowest BCUT2D eigenvalue weighted by molar-refractivity contribution is -0.116. The third-order valence-corrected chi connectivity index (χ3v) is 6.96. The summed E-state index contributed by atoms with van der Waals surface area (Å²) in [7, 11) is -6.62. The quantitative estimate of drug-likeness (QED) is 0.744. The minimum atomic E-state index is -4.19. The predicted molar refractivity (Wildman–Crippen MR) is 102 cm³/mol. The van der Waals surface area contributed by atoms with Crippen LogP contribution in [0.4, 0.5) is 5.82 Å². The number of aromatic nitrogens is 1. The fourth-order valence-corrected chi connectivity index (χ4v) is 4.44. The minimum absolute atomic E-state index is 0.144. The van der Waals surface area contributed by atoms with Gasteiger partial charge >= 0.3 is 0 Å². The van der Waals surface area contributed by atoms with Crippen molar-refractivity contribution in [1.29, 1.82) is 0 Å². The molecule has 0 bridgehead atoms. The van der Waals surface area contributed by atoms with Gasteiger partial charge in [0.25, 0.3) is 0 Å². The lowest BCUT2D eigenvalue weighted by Crippen LogP contribution is -2.35. The Balaban J connectivity index is 2.23. The van der Waals surface area contributed by atoms with E-state index in [-0.39, 0.29) is 15.7 Å². The highest BCUT2D eigenvalue weighted by Crippen LogP contribution is 2.27. The molecule has 0 aliphatic rings. The Kier molecular flexibility index (Phi) is 6.25. The summed E-state index contributed by atoms with van der Waals surface area (Å²) >= 11 is 5.94. The third kappa shape index (κ3) is 5.25. The second kappa shape index (κ2) is 7.93. The van der Waals surface area contributed by atoms with E-state index in [1.54, 1.807) is 18.3 Å². The van der Waals surface area contributed by atoms with Crippen LogP contribution >= 0.6 is 11.6 Å². The zero-order chi connectivity index (χ0) is 20.4. The van der Waals surface area contributed by atoms with Gasteiger partial charge in [-0.3, -0.25) is 4.79 Å². The number of rotatable bonds is 6. The number of hydrogen-bond donors (Lipinski definition) is 1. The van der Waals surface area contributed by atoms with Gasteiger partial charge in [0.05, 0.1) is 16.5 Å². The fraction of sp³-hybridized carbons (Fsp3) is 0.250. The number of carbonyl (C=O) groups is 1. The summed E-state index contributed by atoms with van der Waals surface area (Å²) in [5.74, 6) is -0.318. The fourth-order valence-electron chi connectivity index (χ4n) is 2.09. The SMILES string of the molecule is Cc1ccc(NC(=O)CN(C)S(=O)(=O)c2cc(S(C)(=O)=O)ccc2Cl)nc1. The molecule has 1 N–H and O–H groups in total. The maximum atomic E-state index is 12.7. The normalized spacial score (nSPS) is 12.2. The molecule has 0 spiro atoms. The first-order chi connectivity index (χ1) is 12.4. The molecule has 8 nitrogen and oxygen atoms in total. The van der Waals surface area contributed by atoms with Gasteiger partial charge in [0.2, 0.25) is 15.9 Å². The molecule has 0 aliphatic carbocycles. The second-order valence-corrected chi connectivity index (χ2v) is 10.3. The van der Waals surface area contributed by atoms with E-state index in [9.17, 15) is 21.6 Å². The Morgan fingerprint density at radius 3 is 2.41 bits per heavy atom.